The van der Waals surface area contributed by atoms with Crippen molar-refractivity contribution in [1.29, 1.82) is 0 Å². The van der Waals surface area contributed by atoms with Crippen LogP contribution < -0.4 is 10.9 Å². The second-order valence-corrected chi connectivity index (χ2v) is 6.70. The molecule has 0 aliphatic heterocycles. The molecular weight excluding hydrogens is 346 g/mol. The molecule has 0 spiro atoms. The van der Waals surface area contributed by atoms with Gasteiger partial charge in [0, 0.05) is 17.5 Å². The predicted molar refractivity (Wildman–Crippen MR) is 99.8 cm³/mol. The minimum Gasteiger partial charge on any atom is -0.507 e. The molecule has 1 unspecified atom stereocenters. The lowest BCUT2D eigenvalue weighted by molar-refractivity contribution is -0.139. The molecule has 0 saturated carbocycles. The third-order valence-electron chi connectivity index (χ3n) is 5.08. The number of carboxylic acids is 1. The lowest BCUT2D eigenvalue weighted by Gasteiger charge is -2.16. The van der Waals surface area contributed by atoms with E-state index < -0.39 is 12.0 Å². The van der Waals surface area contributed by atoms with Crippen LogP contribution in [0.25, 0.3) is 11.0 Å². The zero-order valence-electron chi connectivity index (χ0n) is 14.6. The van der Waals surface area contributed by atoms with Gasteiger partial charge in [0.05, 0.1) is 5.56 Å². The summed E-state index contributed by atoms with van der Waals surface area (Å²) in [4.78, 5) is 24.0. The number of phenols is 1. The molecule has 1 atom stereocenters. The summed E-state index contributed by atoms with van der Waals surface area (Å²) < 4.78 is 5.51. The van der Waals surface area contributed by atoms with Crippen LogP contribution in [0.5, 0.6) is 5.75 Å². The first-order chi connectivity index (χ1) is 13.1. The summed E-state index contributed by atoms with van der Waals surface area (Å²) in [5.41, 5.74) is 2.62. The normalized spacial score (nSPS) is 14.2. The maximum Gasteiger partial charge on any atom is 0.339 e. The molecule has 0 radical (unpaired) electrons. The van der Waals surface area contributed by atoms with Gasteiger partial charge in [0.1, 0.15) is 17.4 Å². The number of rotatable bonds is 5. The summed E-state index contributed by atoms with van der Waals surface area (Å²) in [5, 5.41) is 23.6. The van der Waals surface area contributed by atoms with Crippen molar-refractivity contribution < 1.29 is 19.4 Å². The van der Waals surface area contributed by atoms with Gasteiger partial charge in [0.2, 0.25) is 0 Å². The maximum absolute atomic E-state index is 12.3. The topological polar surface area (TPSA) is 99.8 Å². The number of aryl methyl sites for hydroxylation is 1. The Labute approximate surface area is 155 Å². The average Bonchev–Trinajstić information content (AvgIpc) is 3.15. The van der Waals surface area contributed by atoms with Crippen molar-refractivity contribution in [2.24, 2.45) is 0 Å². The number of hydrogen-bond donors (Lipinski definition) is 3. The fourth-order valence-electron chi connectivity index (χ4n) is 3.76. The van der Waals surface area contributed by atoms with E-state index in [1.54, 1.807) is 36.4 Å². The van der Waals surface area contributed by atoms with E-state index in [0.29, 0.717) is 28.7 Å². The van der Waals surface area contributed by atoms with E-state index in [0.717, 1.165) is 23.8 Å². The molecule has 1 aliphatic rings. The van der Waals surface area contributed by atoms with Crippen LogP contribution in [0.4, 0.5) is 0 Å². The zero-order valence-corrected chi connectivity index (χ0v) is 14.6. The molecule has 1 heterocycles. The largest absolute Gasteiger partial charge is 0.507 e. The molecule has 6 heteroatoms. The first-order valence-electron chi connectivity index (χ1n) is 8.87. The molecule has 0 bridgehead atoms. The Bertz CT molecular complexity index is 1070. The molecule has 1 aliphatic carbocycles. The Morgan fingerprint density at radius 3 is 2.59 bits per heavy atom. The molecule has 0 saturated heterocycles. The first-order valence-corrected chi connectivity index (χ1v) is 8.87. The van der Waals surface area contributed by atoms with Crippen molar-refractivity contribution >= 4 is 16.9 Å². The van der Waals surface area contributed by atoms with Crippen LogP contribution >= 0.6 is 0 Å². The highest BCUT2D eigenvalue weighted by Gasteiger charge is 2.24. The molecule has 3 N–H and O–H groups in total. The summed E-state index contributed by atoms with van der Waals surface area (Å²) in [7, 11) is 0. The molecule has 6 nitrogen and oxygen atoms in total. The van der Waals surface area contributed by atoms with Crippen LogP contribution in [0, 0.1) is 0 Å². The highest BCUT2D eigenvalue weighted by Crippen LogP contribution is 2.33. The Morgan fingerprint density at radius 1 is 1.11 bits per heavy atom. The summed E-state index contributed by atoms with van der Waals surface area (Å²) in [6.45, 7) is 0.0523. The average molecular weight is 365 g/mol. The van der Waals surface area contributed by atoms with E-state index in [-0.39, 0.29) is 17.9 Å². The smallest absolute Gasteiger partial charge is 0.339 e. The number of hydrogen-bond acceptors (Lipinski definition) is 5. The number of carbonyl (C=O) groups is 1. The second kappa shape index (κ2) is 6.89. The van der Waals surface area contributed by atoms with Gasteiger partial charge in [-0.05, 0) is 42.5 Å². The van der Waals surface area contributed by atoms with E-state index in [4.69, 9.17) is 4.42 Å². The van der Waals surface area contributed by atoms with Crippen molar-refractivity contribution in [3.63, 3.8) is 0 Å². The van der Waals surface area contributed by atoms with Gasteiger partial charge >= 0.3 is 11.6 Å². The molecule has 3 aromatic rings. The summed E-state index contributed by atoms with van der Waals surface area (Å²) in [5.74, 6) is -1.06. The van der Waals surface area contributed by atoms with E-state index in [2.05, 4.69) is 5.32 Å². The SMILES string of the molecule is O=C(O)C(NCc1c(O)ccc2c3c(c(=O)oc12)CCC3)c1ccccc1. The molecular formula is C21H19NO5. The number of aromatic hydroxyl groups is 1. The predicted octanol–water partition coefficient (Wildman–Crippen LogP) is 2.90. The minimum atomic E-state index is -1.02. The molecule has 1 aromatic heterocycles. The standard InChI is InChI=1S/C21H19NO5/c23-17-10-9-14-13-7-4-8-15(13)21(26)27-19(14)16(17)11-22-18(20(24)25)12-5-2-1-3-6-12/h1-3,5-6,9-10,18,22-23H,4,7-8,11H2,(H,24,25). The van der Waals surface area contributed by atoms with Gasteiger partial charge in [-0.3, -0.25) is 10.1 Å². The molecule has 0 fully saturated rings. The van der Waals surface area contributed by atoms with Gasteiger partial charge < -0.3 is 14.6 Å². The minimum absolute atomic E-state index is 0.0340. The quantitative estimate of drug-likeness (QED) is 0.601. The third-order valence-corrected chi connectivity index (χ3v) is 5.08. The molecule has 27 heavy (non-hydrogen) atoms. The Hall–Kier alpha value is -3.12. The zero-order chi connectivity index (χ0) is 19.0. The summed E-state index contributed by atoms with van der Waals surface area (Å²) in [6, 6.07) is 11.2. The molecule has 4 rings (SSSR count). The first kappa shape index (κ1) is 17.3. The van der Waals surface area contributed by atoms with Crippen molar-refractivity contribution in [2.75, 3.05) is 0 Å². The number of phenolic OH excluding ortho intramolecular Hbond substituents is 1. The Kier molecular flexibility index (Phi) is 4.41. The van der Waals surface area contributed by atoms with Gasteiger partial charge in [-0.15, -0.1) is 0 Å². The van der Waals surface area contributed by atoms with E-state index in [1.165, 1.54) is 0 Å². The number of aliphatic carboxylic acids is 1. The maximum atomic E-state index is 12.3. The van der Waals surface area contributed by atoms with Crippen molar-refractivity contribution in [1.82, 2.24) is 5.32 Å². The van der Waals surface area contributed by atoms with Crippen LogP contribution in [-0.4, -0.2) is 16.2 Å². The van der Waals surface area contributed by atoms with E-state index in [9.17, 15) is 19.8 Å². The van der Waals surface area contributed by atoms with Gasteiger partial charge in [-0.25, -0.2) is 4.79 Å². The van der Waals surface area contributed by atoms with E-state index in [1.807, 2.05) is 6.07 Å². The van der Waals surface area contributed by atoms with Crippen LogP contribution in [0.3, 0.4) is 0 Å². The number of nitrogens with one attached hydrogen (secondary N) is 1. The highest BCUT2D eigenvalue weighted by molar-refractivity contribution is 5.86. The van der Waals surface area contributed by atoms with Crippen LogP contribution in [0.15, 0.2) is 51.7 Å². The van der Waals surface area contributed by atoms with Crippen molar-refractivity contribution in [2.45, 2.75) is 31.8 Å². The Morgan fingerprint density at radius 2 is 1.85 bits per heavy atom. The Balaban J connectivity index is 1.73. The van der Waals surface area contributed by atoms with Gasteiger partial charge in [-0.1, -0.05) is 30.3 Å². The number of fused-ring (bicyclic) bond motifs is 3. The third kappa shape index (κ3) is 3.08. The van der Waals surface area contributed by atoms with Gasteiger partial charge in [0.25, 0.3) is 0 Å². The number of benzene rings is 2. The lowest BCUT2D eigenvalue weighted by atomic mass is 10.0. The van der Waals surface area contributed by atoms with Gasteiger partial charge in [0.15, 0.2) is 0 Å². The fraction of sp³-hybridized carbons (Fsp3) is 0.238. The molecule has 2 aromatic carbocycles. The molecule has 138 valence electrons. The number of carboxylic acid groups (broad SMARTS) is 1. The van der Waals surface area contributed by atoms with Gasteiger partial charge in [-0.2, -0.15) is 0 Å². The fourth-order valence-corrected chi connectivity index (χ4v) is 3.76. The highest BCUT2D eigenvalue weighted by atomic mass is 16.4. The van der Waals surface area contributed by atoms with Crippen LogP contribution in [0.2, 0.25) is 0 Å². The lowest BCUT2D eigenvalue weighted by Crippen LogP contribution is -2.28. The van der Waals surface area contributed by atoms with Crippen LogP contribution in [-0.2, 0) is 24.2 Å². The second-order valence-electron chi connectivity index (χ2n) is 6.70. The van der Waals surface area contributed by atoms with Crippen molar-refractivity contribution in [3.8, 4) is 5.75 Å². The summed E-state index contributed by atoms with van der Waals surface area (Å²) in [6.07, 6.45) is 2.41. The van der Waals surface area contributed by atoms with Crippen LogP contribution in [0.1, 0.15) is 34.7 Å². The van der Waals surface area contributed by atoms with E-state index >= 15 is 0 Å². The summed E-state index contributed by atoms with van der Waals surface area (Å²) >= 11 is 0. The van der Waals surface area contributed by atoms with Crippen molar-refractivity contribution in [3.05, 3.63) is 75.1 Å². The monoisotopic (exact) mass is 365 g/mol. The molecule has 0 amide bonds.